The lowest BCUT2D eigenvalue weighted by Crippen LogP contribution is -2.48. The van der Waals surface area contributed by atoms with E-state index in [9.17, 15) is 14.0 Å². The van der Waals surface area contributed by atoms with Crippen molar-refractivity contribution in [3.05, 3.63) is 69.5 Å². The van der Waals surface area contributed by atoms with E-state index in [-0.39, 0.29) is 24.8 Å². The van der Waals surface area contributed by atoms with E-state index in [2.05, 4.69) is 5.32 Å². The smallest absolute Gasteiger partial charge is 0.242 e. The summed E-state index contributed by atoms with van der Waals surface area (Å²) in [4.78, 5) is 26.8. The first-order valence-corrected chi connectivity index (χ1v) is 9.83. The summed E-state index contributed by atoms with van der Waals surface area (Å²) in [5, 5.41) is 3.53. The van der Waals surface area contributed by atoms with Gasteiger partial charge in [0.05, 0.1) is 16.5 Å². The van der Waals surface area contributed by atoms with Crippen molar-refractivity contribution in [2.75, 3.05) is 6.54 Å². The molecule has 0 radical (unpaired) electrons. The molecule has 28 heavy (non-hydrogen) atoms. The molecule has 1 N–H and O–H groups in total. The number of benzene rings is 2. The van der Waals surface area contributed by atoms with Crippen LogP contribution in [-0.2, 0) is 22.6 Å². The third-order valence-electron chi connectivity index (χ3n) is 4.35. The number of amides is 2. The molecule has 0 aliphatic carbocycles. The highest BCUT2D eigenvalue weighted by atomic mass is 35.5. The van der Waals surface area contributed by atoms with Crippen LogP contribution in [0, 0.1) is 5.82 Å². The number of carbonyl (C=O) groups is 2. The molecule has 0 saturated heterocycles. The molecule has 0 aliphatic heterocycles. The second-order valence-electron chi connectivity index (χ2n) is 6.51. The Morgan fingerprint density at radius 2 is 1.86 bits per heavy atom. The lowest BCUT2D eigenvalue weighted by atomic mass is 10.1. The number of rotatable bonds is 8. The van der Waals surface area contributed by atoms with Gasteiger partial charge in [-0.15, -0.1) is 0 Å². The number of nitrogens with one attached hydrogen (secondary N) is 1. The van der Waals surface area contributed by atoms with Crippen LogP contribution in [0.25, 0.3) is 0 Å². The number of carbonyl (C=O) groups excluding carboxylic acids is 2. The van der Waals surface area contributed by atoms with Gasteiger partial charge in [0.15, 0.2) is 0 Å². The highest BCUT2D eigenvalue weighted by Gasteiger charge is 2.26. The fourth-order valence-corrected chi connectivity index (χ4v) is 3.04. The monoisotopic (exact) mass is 424 g/mol. The van der Waals surface area contributed by atoms with E-state index in [1.54, 1.807) is 43.3 Å². The third kappa shape index (κ3) is 5.94. The Morgan fingerprint density at radius 1 is 1.14 bits per heavy atom. The number of hydrogen-bond donors (Lipinski definition) is 1. The SMILES string of the molecule is CCCNC(=O)[C@H](C)N(Cc1ccccc1F)C(=O)Cc1ccc(Cl)c(Cl)c1. The summed E-state index contributed by atoms with van der Waals surface area (Å²) in [6, 6.07) is 10.4. The maximum atomic E-state index is 14.1. The minimum absolute atomic E-state index is 0.00641. The minimum Gasteiger partial charge on any atom is -0.354 e. The van der Waals surface area contributed by atoms with Gasteiger partial charge in [-0.05, 0) is 37.1 Å². The first-order valence-electron chi connectivity index (χ1n) is 9.08. The van der Waals surface area contributed by atoms with Gasteiger partial charge in [0.1, 0.15) is 11.9 Å². The number of nitrogens with zero attached hydrogens (tertiary/aromatic N) is 1. The number of halogens is 3. The molecule has 0 spiro atoms. The Kier molecular flexibility index (Phi) is 8.27. The fourth-order valence-electron chi connectivity index (χ4n) is 2.71. The highest BCUT2D eigenvalue weighted by molar-refractivity contribution is 6.42. The first-order chi connectivity index (χ1) is 13.3. The zero-order valence-electron chi connectivity index (χ0n) is 15.8. The zero-order chi connectivity index (χ0) is 20.7. The van der Waals surface area contributed by atoms with E-state index >= 15 is 0 Å². The van der Waals surface area contributed by atoms with Crippen molar-refractivity contribution >= 4 is 35.0 Å². The van der Waals surface area contributed by atoms with E-state index in [4.69, 9.17) is 23.2 Å². The van der Waals surface area contributed by atoms with E-state index < -0.39 is 11.9 Å². The van der Waals surface area contributed by atoms with Gasteiger partial charge in [0.2, 0.25) is 11.8 Å². The average molecular weight is 425 g/mol. The summed E-state index contributed by atoms with van der Waals surface area (Å²) in [6.45, 7) is 4.08. The standard InChI is InChI=1S/C21H23Cl2FN2O2/c1-3-10-25-21(28)14(2)26(13-16-6-4-5-7-19(16)24)20(27)12-15-8-9-17(22)18(23)11-15/h4-9,11,14H,3,10,12-13H2,1-2H3,(H,25,28)/t14-/m0/s1. The Morgan fingerprint density at radius 3 is 2.50 bits per heavy atom. The van der Waals surface area contributed by atoms with Crippen molar-refractivity contribution in [3.63, 3.8) is 0 Å². The number of hydrogen-bond acceptors (Lipinski definition) is 2. The fraction of sp³-hybridized carbons (Fsp3) is 0.333. The molecule has 1 atom stereocenters. The van der Waals surface area contributed by atoms with Crippen LogP contribution in [0.5, 0.6) is 0 Å². The molecule has 4 nitrogen and oxygen atoms in total. The van der Waals surface area contributed by atoms with Crippen LogP contribution >= 0.6 is 23.2 Å². The molecule has 7 heteroatoms. The van der Waals surface area contributed by atoms with Gasteiger partial charge in [-0.25, -0.2) is 4.39 Å². The summed E-state index contributed by atoms with van der Waals surface area (Å²) in [7, 11) is 0. The van der Waals surface area contributed by atoms with Crippen molar-refractivity contribution in [1.82, 2.24) is 10.2 Å². The van der Waals surface area contributed by atoms with Crippen LogP contribution in [-0.4, -0.2) is 29.3 Å². The first kappa shape index (κ1) is 22.2. The van der Waals surface area contributed by atoms with Crippen LogP contribution in [0.1, 0.15) is 31.4 Å². The molecule has 0 aromatic heterocycles. The summed E-state index contributed by atoms with van der Waals surface area (Å²) in [5.41, 5.74) is 1.01. The molecule has 0 heterocycles. The van der Waals surface area contributed by atoms with Crippen LogP contribution in [0.2, 0.25) is 10.0 Å². The van der Waals surface area contributed by atoms with Gasteiger partial charge in [-0.1, -0.05) is 54.4 Å². The molecule has 2 rings (SSSR count). The van der Waals surface area contributed by atoms with Crippen molar-refractivity contribution < 1.29 is 14.0 Å². The quantitative estimate of drug-likeness (QED) is 0.671. The van der Waals surface area contributed by atoms with E-state index in [1.807, 2.05) is 6.92 Å². The highest BCUT2D eigenvalue weighted by Crippen LogP contribution is 2.23. The molecule has 2 amide bonds. The summed E-state index contributed by atoms with van der Waals surface area (Å²) < 4.78 is 14.1. The van der Waals surface area contributed by atoms with Crippen LogP contribution in [0.4, 0.5) is 4.39 Å². The maximum Gasteiger partial charge on any atom is 0.242 e. The second kappa shape index (κ2) is 10.4. The molecular formula is C21H23Cl2FN2O2. The molecular weight excluding hydrogens is 402 g/mol. The third-order valence-corrected chi connectivity index (χ3v) is 5.09. The molecule has 0 fully saturated rings. The van der Waals surface area contributed by atoms with E-state index in [0.29, 0.717) is 27.7 Å². The van der Waals surface area contributed by atoms with Crippen LogP contribution < -0.4 is 5.32 Å². The van der Waals surface area contributed by atoms with Crippen molar-refractivity contribution in [2.45, 2.75) is 39.3 Å². The molecule has 150 valence electrons. The van der Waals surface area contributed by atoms with E-state index in [1.165, 1.54) is 11.0 Å². The second-order valence-corrected chi connectivity index (χ2v) is 7.32. The Hall–Kier alpha value is -2.11. The molecule has 2 aromatic carbocycles. The summed E-state index contributed by atoms with van der Waals surface area (Å²) >= 11 is 12.0. The Balaban J connectivity index is 2.25. The molecule has 2 aromatic rings. The lowest BCUT2D eigenvalue weighted by molar-refractivity contribution is -0.140. The maximum absolute atomic E-state index is 14.1. The van der Waals surface area contributed by atoms with Crippen molar-refractivity contribution in [2.24, 2.45) is 0 Å². The van der Waals surface area contributed by atoms with E-state index in [0.717, 1.165) is 6.42 Å². The normalized spacial score (nSPS) is 11.8. The van der Waals surface area contributed by atoms with Crippen LogP contribution in [0.15, 0.2) is 42.5 Å². The van der Waals surface area contributed by atoms with Crippen molar-refractivity contribution in [3.8, 4) is 0 Å². The minimum atomic E-state index is -0.749. The van der Waals surface area contributed by atoms with Gasteiger partial charge in [0.25, 0.3) is 0 Å². The Bertz CT molecular complexity index is 845. The topological polar surface area (TPSA) is 49.4 Å². The zero-order valence-corrected chi connectivity index (χ0v) is 17.4. The molecule has 0 bridgehead atoms. The van der Waals surface area contributed by atoms with Gasteiger partial charge < -0.3 is 10.2 Å². The predicted molar refractivity (Wildman–Crippen MR) is 110 cm³/mol. The predicted octanol–water partition coefficient (Wildman–Crippen LogP) is 4.62. The van der Waals surface area contributed by atoms with Gasteiger partial charge in [-0.3, -0.25) is 9.59 Å². The summed E-state index contributed by atoms with van der Waals surface area (Å²) in [6.07, 6.45) is 0.805. The molecule has 0 saturated carbocycles. The van der Waals surface area contributed by atoms with Crippen molar-refractivity contribution in [1.29, 1.82) is 0 Å². The molecule has 0 unspecified atom stereocenters. The average Bonchev–Trinajstić information content (AvgIpc) is 2.67. The van der Waals surface area contributed by atoms with Crippen LogP contribution in [0.3, 0.4) is 0 Å². The van der Waals surface area contributed by atoms with Gasteiger partial charge in [-0.2, -0.15) is 0 Å². The lowest BCUT2D eigenvalue weighted by Gasteiger charge is -2.29. The molecule has 0 aliphatic rings. The Labute approximate surface area is 174 Å². The van der Waals surface area contributed by atoms with Gasteiger partial charge >= 0.3 is 0 Å². The summed E-state index contributed by atoms with van der Waals surface area (Å²) in [5.74, 6) is -1.00. The largest absolute Gasteiger partial charge is 0.354 e. The van der Waals surface area contributed by atoms with Gasteiger partial charge in [0, 0.05) is 18.7 Å².